The van der Waals surface area contributed by atoms with Gasteiger partial charge >= 0.3 is 0 Å². The molecule has 1 aliphatic carbocycles. The van der Waals surface area contributed by atoms with Gasteiger partial charge in [-0.05, 0) is 44.4 Å². The van der Waals surface area contributed by atoms with Crippen LogP contribution >= 0.6 is 0 Å². The minimum atomic E-state index is 0.811. The SMILES string of the molecule is CCN(CCNC(=NC)NCc1ccc(C)cc1C)C1CC1. The van der Waals surface area contributed by atoms with E-state index in [1.807, 2.05) is 7.05 Å². The Morgan fingerprint density at radius 3 is 2.64 bits per heavy atom. The van der Waals surface area contributed by atoms with Crippen molar-refractivity contribution in [3.05, 3.63) is 34.9 Å². The monoisotopic (exact) mass is 302 g/mol. The van der Waals surface area contributed by atoms with E-state index in [1.54, 1.807) is 0 Å². The van der Waals surface area contributed by atoms with Crippen molar-refractivity contribution in [2.75, 3.05) is 26.7 Å². The normalized spacial score (nSPS) is 15.2. The van der Waals surface area contributed by atoms with E-state index < -0.39 is 0 Å². The van der Waals surface area contributed by atoms with Gasteiger partial charge in [0, 0.05) is 32.7 Å². The number of likely N-dealkylation sites (N-methyl/N-ethyl adjacent to an activating group) is 1. The van der Waals surface area contributed by atoms with Gasteiger partial charge in [0.15, 0.2) is 5.96 Å². The predicted molar refractivity (Wildman–Crippen MR) is 94.4 cm³/mol. The average Bonchev–Trinajstić information content (AvgIpc) is 3.33. The number of aliphatic imine (C=N–C) groups is 1. The van der Waals surface area contributed by atoms with E-state index >= 15 is 0 Å². The molecule has 0 unspecified atom stereocenters. The summed E-state index contributed by atoms with van der Waals surface area (Å²) in [5, 5.41) is 6.82. The molecule has 0 radical (unpaired) electrons. The second-order valence-corrected chi connectivity index (χ2v) is 6.14. The van der Waals surface area contributed by atoms with E-state index in [-0.39, 0.29) is 0 Å². The molecule has 1 aliphatic rings. The van der Waals surface area contributed by atoms with Crippen LogP contribution in [0.4, 0.5) is 0 Å². The smallest absolute Gasteiger partial charge is 0.191 e. The van der Waals surface area contributed by atoms with E-state index in [1.165, 1.54) is 29.5 Å². The second kappa shape index (κ2) is 8.18. The number of hydrogen-bond acceptors (Lipinski definition) is 2. The first-order valence-electron chi connectivity index (χ1n) is 8.38. The van der Waals surface area contributed by atoms with Gasteiger partial charge in [0.05, 0.1) is 0 Å². The topological polar surface area (TPSA) is 39.7 Å². The molecule has 1 aromatic carbocycles. The van der Waals surface area contributed by atoms with Crippen molar-refractivity contribution < 1.29 is 0 Å². The zero-order valence-electron chi connectivity index (χ0n) is 14.4. The van der Waals surface area contributed by atoms with Crippen LogP contribution in [-0.4, -0.2) is 43.6 Å². The number of nitrogens with one attached hydrogen (secondary N) is 2. The summed E-state index contributed by atoms with van der Waals surface area (Å²) in [5.41, 5.74) is 3.96. The molecule has 0 spiro atoms. The van der Waals surface area contributed by atoms with Gasteiger partial charge in [-0.15, -0.1) is 0 Å². The Morgan fingerprint density at radius 1 is 1.27 bits per heavy atom. The summed E-state index contributed by atoms with van der Waals surface area (Å²) in [7, 11) is 1.83. The van der Waals surface area contributed by atoms with Crippen LogP contribution in [0.15, 0.2) is 23.2 Å². The van der Waals surface area contributed by atoms with E-state index in [0.29, 0.717) is 0 Å². The third-order valence-electron chi connectivity index (χ3n) is 4.33. The molecule has 22 heavy (non-hydrogen) atoms. The first kappa shape index (κ1) is 16.8. The molecule has 0 atom stereocenters. The lowest BCUT2D eigenvalue weighted by Crippen LogP contribution is -2.41. The highest BCUT2D eigenvalue weighted by atomic mass is 15.2. The Labute approximate surface area is 135 Å². The highest BCUT2D eigenvalue weighted by molar-refractivity contribution is 5.79. The highest BCUT2D eigenvalue weighted by Gasteiger charge is 2.27. The predicted octanol–water partition coefficient (Wildman–Crippen LogP) is 2.45. The molecule has 1 fully saturated rings. The second-order valence-electron chi connectivity index (χ2n) is 6.14. The van der Waals surface area contributed by atoms with Crippen LogP contribution in [0.2, 0.25) is 0 Å². The van der Waals surface area contributed by atoms with Crippen molar-refractivity contribution in [3.63, 3.8) is 0 Å². The van der Waals surface area contributed by atoms with Gasteiger partial charge in [-0.1, -0.05) is 30.7 Å². The minimum absolute atomic E-state index is 0.811. The van der Waals surface area contributed by atoms with Crippen LogP contribution in [0.5, 0.6) is 0 Å². The molecule has 0 bridgehead atoms. The summed E-state index contributed by atoms with van der Waals surface area (Å²) >= 11 is 0. The molecular formula is C18H30N4. The van der Waals surface area contributed by atoms with Crippen molar-refractivity contribution >= 4 is 5.96 Å². The first-order valence-corrected chi connectivity index (χ1v) is 8.38. The van der Waals surface area contributed by atoms with Crippen LogP contribution in [0.3, 0.4) is 0 Å². The lowest BCUT2D eigenvalue weighted by atomic mass is 10.1. The van der Waals surface area contributed by atoms with E-state index in [9.17, 15) is 0 Å². The molecule has 0 heterocycles. The van der Waals surface area contributed by atoms with Crippen LogP contribution in [0.25, 0.3) is 0 Å². The maximum atomic E-state index is 4.31. The number of guanidine groups is 1. The summed E-state index contributed by atoms with van der Waals surface area (Å²) in [6, 6.07) is 7.41. The zero-order chi connectivity index (χ0) is 15.9. The summed E-state index contributed by atoms with van der Waals surface area (Å²) in [6.07, 6.45) is 2.74. The third-order valence-corrected chi connectivity index (χ3v) is 4.33. The number of benzene rings is 1. The standard InChI is InChI=1S/C18H30N4/c1-5-22(17-8-9-17)11-10-20-18(19-4)21-13-16-7-6-14(2)12-15(16)3/h6-7,12,17H,5,8-11,13H2,1-4H3,(H2,19,20,21). The van der Waals surface area contributed by atoms with Crippen LogP contribution in [-0.2, 0) is 6.54 Å². The Kier molecular flexibility index (Phi) is 6.25. The maximum Gasteiger partial charge on any atom is 0.191 e. The van der Waals surface area contributed by atoms with Crippen LogP contribution < -0.4 is 10.6 Å². The third kappa shape index (κ3) is 5.02. The molecule has 2 N–H and O–H groups in total. The minimum Gasteiger partial charge on any atom is -0.355 e. The molecule has 4 heteroatoms. The fourth-order valence-electron chi connectivity index (χ4n) is 2.80. The highest BCUT2D eigenvalue weighted by Crippen LogP contribution is 2.25. The van der Waals surface area contributed by atoms with E-state index in [2.05, 4.69) is 59.5 Å². The average molecular weight is 302 g/mol. The van der Waals surface area contributed by atoms with Crippen molar-refractivity contribution in [3.8, 4) is 0 Å². The maximum absolute atomic E-state index is 4.31. The van der Waals surface area contributed by atoms with Gasteiger partial charge in [-0.3, -0.25) is 9.89 Å². The molecule has 1 saturated carbocycles. The molecule has 0 aromatic heterocycles. The van der Waals surface area contributed by atoms with Gasteiger partial charge < -0.3 is 10.6 Å². The first-order chi connectivity index (χ1) is 10.6. The van der Waals surface area contributed by atoms with Crippen LogP contribution in [0, 0.1) is 13.8 Å². The van der Waals surface area contributed by atoms with Crippen molar-refractivity contribution in [2.24, 2.45) is 4.99 Å². The van der Waals surface area contributed by atoms with Gasteiger partial charge in [0.1, 0.15) is 0 Å². The lowest BCUT2D eigenvalue weighted by molar-refractivity contribution is 0.282. The van der Waals surface area contributed by atoms with Crippen molar-refractivity contribution in [1.82, 2.24) is 15.5 Å². The molecule has 2 rings (SSSR count). The summed E-state index contributed by atoms with van der Waals surface area (Å²) in [4.78, 5) is 6.86. The quantitative estimate of drug-likeness (QED) is 0.600. The molecule has 0 saturated heterocycles. The Bertz CT molecular complexity index is 506. The molecule has 1 aromatic rings. The van der Waals surface area contributed by atoms with Crippen molar-refractivity contribution in [2.45, 2.75) is 46.2 Å². The fraction of sp³-hybridized carbons (Fsp3) is 0.611. The Morgan fingerprint density at radius 2 is 2.05 bits per heavy atom. The van der Waals surface area contributed by atoms with E-state index in [4.69, 9.17) is 0 Å². The van der Waals surface area contributed by atoms with Gasteiger partial charge in [0.2, 0.25) is 0 Å². The zero-order valence-corrected chi connectivity index (χ0v) is 14.4. The summed E-state index contributed by atoms with van der Waals surface area (Å²) in [6.45, 7) is 10.5. The molecule has 0 aliphatic heterocycles. The summed E-state index contributed by atoms with van der Waals surface area (Å²) in [5.74, 6) is 0.881. The number of nitrogens with zero attached hydrogens (tertiary/aromatic N) is 2. The van der Waals surface area contributed by atoms with Crippen LogP contribution in [0.1, 0.15) is 36.5 Å². The Hall–Kier alpha value is -1.55. The lowest BCUT2D eigenvalue weighted by Gasteiger charge is -2.21. The number of aryl methyl sites for hydroxylation is 2. The fourth-order valence-corrected chi connectivity index (χ4v) is 2.80. The van der Waals surface area contributed by atoms with Gasteiger partial charge in [-0.2, -0.15) is 0 Å². The molecule has 0 amide bonds. The largest absolute Gasteiger partial charge is 0.355 e. The van der Waals surface area contributed by atoms with Gasteiger partial charge in [-0.25, -0.2) is 0 Å². The number of rotatable bonds is 7. The van der Waals surface area contributed by atoms with E-state index in [0.717, 1.165) is 38.2 Å². The molecular weight excluding hydrogens is 272 g/mol. The molecule has 122 valence electrons. The number of hydrogen-bond donors (Lipinski definition) is 2. The Balaban J connectivity index is 1.75. The van der Waals surface area contributed by atoms with Crippen molar-refractivity contribution in [1.29, 1.82) is 0 Å². The molecule has 4 nitrogen and oxygen atoms in total. The summed E-state index contributed by atoms with van der Waals surface area (Å²) < 4.78 is 0. The van der Waals surface area contributed by atoms with Gasteiger partial charge in [0.25, 0.3) is 0 Å².